The van der Waals surface area contributed by atoms with Crippen LogP contribution in [0.4, 0.5) is 0 Å². The minimum Gasteiger partial charge on any atom is -0.393 e. The molecule has 0 saturated heterocycles. The van der Waals surface area contributed by atoms with Crippen LogP contribution in [0.3, 0.4) is 0 Å². The molecule has 0 bridgehead atoms. The molecule has 0 radical (unpaired) electrons. The number of benzene rings is 1. The van der Waals surface area contributed by atoms with Gasteiger partial charge in [0.1, 0.15) is 0 Å². The van der Waals surface area contributed by atoms with Crippen molar-refractivity contribution in [2.75, 3.05) is 6.54 Å². The predicted molar refractivity (Wildman–Crippen MR) is 74.8 cm³/mol. The summed E-state index contributed by atoms with van der Waals surface area (Å²) in [4.78, 5) is 11.9. The van der Waals surface area contributed by atoms with Crippen molar-refractivity contribution in [3.8, 4) is 0 Å². The number of hydrogen-bond donors (Lipinski definition) is 2. The molecule has 1 fully saturated rings. The van der Waals surface area contributed by atoms with E-state index in [2.05, 4.69) is 27.9 Å². The first kappa shape index (κ1) is 12.8. The SMILES string of the molecule is O=C(NCC1CCC(O)C1)c1cccc(I)c1. The van der Waals surface area contributed by atoms with Crippen LogP contribution < -0.4 is 5.32 Å². The summed E-state index contributed by atoms with van der Waals surface area (Å²) in [6.07, 6.45) is 2.51. The van der Waals surface area contributed by atoms with Crippen LogP contribution in [0.2, 0.25) is 0 Å². The van der Waals surface area contributed by atoms with Gasteiger partial charge in [0.2, 0.25) is 0 Å². The van der Waals surface area contributed by atoms with Gasteiger partial charge >= 0.3 is 0 Å². The third kappa shape index (κ3) is 3.67. The average Bonchev–Trinajstić information content (AvgIpc) is 2.72. The Morgan fingerprint density at radius 3 is 2.94 bits per heavy atom. The van der Waals surface area contributed by atoms with Crippen molar-refractivity contribution in [1.82, 2.24) is 5.32 Å². The fourth-order valence-electron chi connectivity index (χ4n) is 2.20. The molecule has 1 aromatic carbocycles. The lowest BCUT2D eigenvalue weighted by Crippen LogP contribution is -2.28. The Hall–Kier alpha value is -0.620. The molecule has 3 nitrogen and oxygen atoms in total. The monoisotopic (exact) mass is 345 g/mol. The van der Waals surface area contributed by atoms with Crippen molar-refractivity contribution in [3.63, 3.8) is 0 Å². The molecule has 0 aliphatic heterocycles. The van der Waals surface area contributed by atoms with E-state index >= 15 is 0 Å². The molecular formula is C13H16INO2. The molecule has 2 atom stereocenters. The third-order valence-electron chi connectivity index (χ3n) is 3.15. The van der Waals surface area contributed by atoms with Crippen LogP contribution in [0.15, 0.2) is 24.3 Å². The van der Waals surface area contributed by atoms with E-state index in [1.54, 1.807) is 0 Å². The minimum absolute atomic E-state index is 0.0232. The lowest BCUT2D eigenvalue weighted by Gasteiger charge is -2.11. The molecule has 1 amide bonds. The number of amides is 1. The van der Waals surface area contributed by atoms with Crippen LogP contribution in [-0.4, -0.2) is 23.7 Å². The quantitative estimate of drug-likeness (QED) is 0.825. The summed E-state index contributed by atoms with van der Waals surface area (Å²) in [7, 11) is 0. The lowest BCUT2D eigenvalue weighted by atomic mass is 10.1. The van der Waals surface area contributed by atoms with Gasteiger partial charge in [0, 0.05) is 15.7 Å². The highest BCUT2D eigenvalue weighted by Crippen LogP contribution is 2.24. The van der Waals surface area contributed by atoms with Crippen molar-refractivity contribution in [1.29, 1.82) is 0 Å². The molecule has 2 N–H and O–H groups in total. The van der Waals surface area contributed by atoms with Crippen molar-refractivity contribution >= 4 is 28.5 Å². The number of aliphatic hydroxyl groups is 1. The lowest BCUT2D eigenvalue weighted by molar-refractivity contribution is 0.0945. The Bertz CT molecular complexity index is 408. The number of rotatable bonds is 3. The normalized spacial score (nSPS) is 23.6. The zero-order chi connectivity index (χ0) is 12.3. The second kappa shape index (κ2) is 5.82. The summed E-state index contributed by atoms with van der Waals surface area (Å²) < 4.78 is 1.06. The van der Waals surface area contributed by atoms with Crippen LogP contribution in [0.1, 0.15) is 29.6 Å². The molecule has 1 aromatic rings. The molecule has 0 spiro atoms. The highest BCUT2D eigenvalue weighted by Gasteiger charge is 2.23. The maximum absolute atomic E-state index is 11.9. The first-order valence-electron chi connectivity index (χ1n) is 5.87. The topological polar surface area (TPSA) is 49.3 Å². The van der Waals surface area contributed by atoms with Gasteiger partial charge in [0.25, 0.3) is 5.91 Å². The van der Waals surface area contributed by atoms with E-state index in [0.29, 0.717) is 18.0 Å². The zero-order valence-corrected chi connectivity index (χ0v) is 11.7. The van der Waals surface area contributed by atoms with E-state index < -0.39 is 0 Å². The highest BCUT2D eigenvalue weighted by molar-refractivity contribution is 14.1. The van der Waals surface area contributed by atoms with Gasteiger partial charge in [0.05, 0.1) is 6.10 Å². The number of hydrogen-bond acceptors (Lipinski definition) is 2. The van der Waals surface area contributed by atoms with Gasteiger partial charge in [-0.2, -0.15) is 0 Å². The molecule has 1 aliphatic carbocycles. The van der Waals surface area contributed by atoms with Crippen LogP contribution in [0, 0.1) is 9.49 Å². The molecule has 0 aromatic heterocycles. The fraction of sp³-hybridized carbons (Fsp3) is 0.462. The van der Waals surface area contributed by atoms with Gasteiger partial charge in [0.15, 0.2) is 0 Å². The van der Waals surface area contributed by atoms with Crippen LogP contribution >= 0.6 is 22.6 Å². The van der Waals surface area contributed by atoms with Gasteiger partial charge < -0.3 is 10.4 Å². The third-order valence-corrected chi connectivity index (χ3v) is 3.82. The molecular weight excluding hydrogens is 329 g/mol. The summed E-state index contributed by atoms with van der Waals surface area (Å²) in [5, 5.41) is 12.3. The summed E-state index contributed by atoms with van der Waals surface area (Å²) in [5.74, 6) is 0.404. The first-order valence-corrected chi connectivity index (χ1v) is 6.95. The Kier molecular flexibility index (Phi) is 4.39. The molecule has 4 heteroatoms. The van der Waals surface area contributed by atoms with E-state index in [0.717, 1.165) is 22.8 Å². The number of nitrogens with one attached hydrogen (secondary N) is 1. The maximum atomic E-state index is 11.9. The van der Waals surface area contributed by atoms with Crippen molar-refractivity contribution in [2.24, 2.45) is 5.92 Å². The zero-order valence-electron chi connectivity index (χ0n) is 9.53. The summed E-state index contributed by atoms with van der Waals surface area (Å²) >= 11 is 2.19. The molecule has 2 rings (SSSR count). The van der Waals surface area contributed by atoms with Gasteiger partial charge in [-0.3, -0.25) is 4.79 Å². The van der Waals surface area contributed by atoms with E-state index in [4.69, 9.17) is 0 Å². The molecule has 2 unspecified atom stereocenters. The van der Waals surface area contributed by atoms with Gasteiger partial charge in [-0.1, -0.05) is 6.07 Å². The second-order valence-electron chi connectivity index (χ2n) is 4.55. The smallest absolute Gasteiger partial charge is 0.251 e. The fourth-order valence-corrected chi connectivity index (χ4v) is 2.75. The Labute approximate surface area is 115 Å². The number of aliphatic hydroxyl groups excluding tert-OH is 1. The minimum atomic E-state index is -0.172. The van der Waals surface area contributed by atoms with E-state index in [-0.39, 0.29) is 12.0 Å². The molecule has 92 valence electrons. The molecule has 1 saturated carbocycles. The van der Waals surface area contributed by atoms with E-state index in [9.17, 15) is 9.90 Å². The second-order valence-corrected chi connectivity index (χ2v) is 5.80. The largest absolute Gasteiger partial charge is 0.393 e. The van der Waals surface area contributed by atoms with Gasteiger partial charge in [-0.05, 0) is 66.0 Å². The van der Waals surface area contributed by atoms with E-state index in [1.807, 2.05) is 24.3 Å². The van der Waals surface area contributed by atoms with Gasteiger partial charge in [-0.15, -0.1) is 0 Å². The van der Waals surface area contributed by atoms with Crippen LogP contribution in [0.25, 0.3) is 0 Å². The van der Waals surface area contributed by atoms with Crippen molar-refractivity contribution < 1.29 is 9.90 Å². The first-order chi connectivity index (χ1) is 8.15. The Morgan fingerprint density at radius 2 is 2.29 bits per heavy atom. The van der Waals surface area contributed by atoms with Crippen molar-refractivity contribution in [3.05, 3.63) is 33.4 Å². The Morgan fingerprint density at radius 1 is 1.47 bits per heavy atom. The van der Waals surface area contributed by atoms with Crippen LogP contribution in [-0.2, 0) is 0 Å². The highest BCUT2D eigenvalue weighted by atomic mass is 127. The maximum Gasteiger partial charge on any atom is 0.251 e. The predicted octanol–water partition coefficient (Wildman–Crippen LogP) is 2.18. The molecule has 17 heavy (non-hydrogen) atoms. The number of carbonyl (C=O) groups excluding carboxylic acids is 1. The number of halogens is 1. The summed E-state index contributed by atoms with van der Waals surface area (Å²) in [5.41, 5.74) is 0.704. The summed E-state index contributed by atoms with van der Waals surface area (Å²) in [6, 6.07) is 7.54. The molecule has 0 heterocycles. The standard InChI is InChI=1S/C13H16INO2/c14-11-3-1-2-10(7-11)13(17)15-8-9-4-5-12(16)6-9/h1-3,7,9,12,16H,4-6,8H2,(H,15,17). The number of carbonyl (C=O) groups is 1. The summed E-state index contributed by atoms with van der Waals surface area (Å²) in [6.45, 7) is 0.668. The van der Waals surface area contributed by atoms with Crippen LogP contribution in [0.5, 0.6) is 0 Å². The van der Waals surface area contributed by atoms with E-state index in [1.165, 1.54) is 0 Å². The Balaban J connectivity index is 1.85. The average molecular weight is 345 g/mol. The molecule has 1 aliphatic rings. The van der Waals surface area contributed by atoms with Crippen molar-refractivity contribution in [2.45, 2.75) is 25.4 Å². The van der Waals surface area contributed by atoms with Gasteiger partial charge in [-0.25, -0.2) is 0 Å².